The molecule has 8 heteroatoms. The summed E-state index contributed by atoms with van der Waals surface area (Å²) in [5.74, 6) is 2.27. The van der Waals surface area contributed by atoms with E-state index in [1.54, 1.807) is 25.6 Å². The van der Waals surface area contributed by atoms with Crippen LogP contribution >= 0.6 is 35.3 Å². The number of ether oxygens (including phenoxy) is 2. The van der Waals surface area contributed by atoms with Gasteiger partial charge in [0.15, 0.2) is 17.5 Å². The maximum Gasteiger partial charge on any atom is 0.191 e. The van der Waals surface area contributed by atoms with Gasteiger partial charge in [0.25, 0.3) is 0 Å². The molecule has 166 valence electrons. The SMILES string of the molecule is CCNC(=NCc1csc(-c2ccccc2)n1)NCCc1ccc(OC)c(OC)c1.I. The summed E-state index contributed by atoms with van der Waals surface area (Å²) in [6.45, 7) is 4.15. The first-order chi connectivity index (χ1) is 14.7. The summed E-state index contributed by atoms with van der Waals surface area (Å²) in [5, 5.41) is 9.76. The number of nitrogens with one attached hydrogen (secondary N) is 2. The van der Waals surface area contributed by atoms with Gasteiger partial charge < -0.3 is 20.1 Å². The number of methoxy groups -OCH3 is 2. The lowest BCUT2D eigenvalue weighted by Crippen LogP contribution is -2.38. The van der Waals surface area contributed by atoms with Crippen LogP contribution in [0.5, 0.6) is 11.5 Å². The molecule has 2 N–H and O–H groups in total. The van der Waals surface area contributed by atoms with Gasteiger partial charge in [0.1, 0.15) is 5.01 Å². The number of rotatable bonds is 9. The van der Waals surface area contributed by atoms with Crippen LogP contribution in [0.25, 0.3) is 10.6 Å². The fourth-order valence-corrected chi connectivity index (χ4v) is 3.77. The maximum absolute atomic E-state index is 5.38. The zero-order chi connectivity index (χ0) is 21.2. The number of aromatic nitrogens is 1. The molecule has 0 spiro atoms. The van der Waals surface area contributed by atoms with Crippen molar-refractivity contribution in [3.8, 4) is 22.1 Å². The highest BCUT2D eigenvalue weighted by atomic mass is 127. The predicted molar refractivity (Wildman–Crippen MR) is 139 cm³/mol. The van der Waals surface area contributed by atoms with E-state index in [2.05, 4.69) is 40.1 Å². The molecule has 0 fully saturated rings. The van der Waals surface area contributed by atoms with E-state index in [0.29, 0.717) is 6.54 Å². The normalized spacial score (nSPS) is 10.9. The lowest BCUT2D eigenvalue weighted by atomic mass is 10.1. The minimum Gasteiger partial charge on any atom is -0.493 e. The molecule has 3 rings (SSSR count). The molecular weight excluding hydrogens is 523 g/mol. The molecule has 0 aliphatic carbocycles. The average Bonchev–Trinajstić information content (AvgIpc) is 3.27. The van der Waals surface area contributed by atoms with Gasteiger partial charge in [-0.2, -0.15) is 0 Å². The van der Waals surface area contributed by atoms with Crippen molar-refractivity contribution in [2.24, 2.45) is 4.99 Å². The van der Waals surface area contributed by atoms with E-state index in [4.69, 9.17) is 14.5 Å². The second kappa shape index (κ2) is 13.2. The fourth-order valence-electron chi connectivity index (χ4n) is 2.96. The van der Waals surface area contributed by atoms with Crippen LogP contribution in [-0.4, -0.2) is 38.3 Å². The van der Waals surface area contributed by atoms with Crippen molar-refractivity contribution >= 4 is 41.3 Å². The molecule has 0 aliphatic heterocycles. The largest absolute Gasteiger partial charge is 0.493 e. The summed E-state index contributed by atoms with van der Waals surface area (Å²) in [5.41, 5.74) is 3.27. The lowest BCUT2D eigenvalue weighted by Gasteiger charge is -2.12. The monoisotopic (exact) mass is 552 g/mol. The number of hydrogen-bond acceptors (Lipinski definition) is 5. The molecule has 0 saturated carbocycles. The Morgan fingerprint density at radius 1 is 1.03 bits per heavy atom. The fraction of sp³-hybridized carbons (Fsp3) is 0.304. The first-order valence-corrected chi connectivity index (χ1v) is 10.8. The van der Waals surface area contributed by atoms with Crippen LogP contribution in [0.1, 0.15) is 18.2 Å². The standard InChI is InChI=1S/C23H28N4O2S.HI/c1-4-24-23(25-13-12-17-10-11-20(28-2)21(14-17)29-3)26-15-19-16-30-22(27-19)18-8-6-5-7-9-18;/h5-11,14,16H,4,12-13,15H2,1-3H3,(H2,24,25,26);1H. The topological polar surface area (TPSA) is 67.8 Å². The van der Waals surface area contributed by atoms with Gasteiger partial charge in [0.2, 0.25) is 0 Å². The van der Waals surface area contributed by atoms with Gasteiger partial charge in [-0.3, -0.25) is 0 Å². The van der Waals surface area contributed by atoms with Crippen LogP contribution in [0, 0.1) is 0 Å². The Morgan fingerprint density at radius 3 is 2.52 bits per heavy atom. The maximum atomic E-state index is 5.38. The summed E-state index contributed by atoms with van der Waals surface area (Å²) in [6, 6.07) is 16.2. The van der Waals surface area contributed by atoms with Crippen molar-refractivity contribution < 1.29 is 9.47 Å². The minimum absolute atomic E-state index is 0. The number of halogens is 1. The number of benzene rings is 2. The van der Waals surface area contributed by atoms with Gasteiger partial charge >= 0.3 is 0 Å². The summed E-state index contributed by atoms with van der Waals surface area (Å²) < 4.78 is 10.7. The Morgan fingerprint density at radius 2 is 1.81 bits per heavy atom. The molecule has 0 unspecified atom stereocenters. The Kier molecular flexibility index (Phi) is 10.6. The van der Waals surface area contributed by atoms with Crippen LogP contribution in [-0.2, 0) is 13.0 Å². The smallest absolute Gasteiger partial charge is 0.191 e. The molecule has 0 aliphatic rings. The van der Waals surface area contributed by atoms with Crippen LogP contribution in [0.4, 0.5) is 0 Å². The quantitative estimate of drug-likeness (QED) is 0.228. The Labute approximate surface area is 205 Å². The number of nitrogens with zero attached hydrogens (tertiary/aromatic N) is 2. The zero-order valence-electron chi connectivity index (χ0n) is 18.1. The second-order valence-electron chi connectivity index (χ2n) is 6.57. The molecule has 0 atom stereocenters. The first-order valence-electron chi connectivity index (χ1n) is 9.96. The Hall–Kier alpha value is -2.33. The van der Waals surface area contributed by atoms with E-state index in [-0.39, 0.29) is 24.0 Å². The van der Waals surface area contributed by atoms with Crippen molar-refractivity contribution in [3.05, 3.63) is 65.2 Å². The minimum atomic E-state index is 0. The van der Waals surface area contributed by atoms with Gasteiger partial charge in [-0.15, -0.1) is 35.3 Å². The van der Waals surface area contributed by atoms with Gasteiger partial charge in [-0.25, -0.2) is 9.98 Å². The molecule has 0 saturated heterocycles. The summed E-state index contributed by atoms with van der Waals surface area (Å²) in [4.78, 5) is 9.38. The first kappa shape index (κ1) is 24.9. The molecule has 2 aromatic carbocycles. The van der Waals surface area contributed by atoms with E-state index >= 15 is 0 Å². The molecular formula is C23H29IN4O2S. The molecule has 1 aromatic heterocycles. The number of guanidine groups is 1. The number of aliphatic imine (C=N–C) groups is 1. The van der Waals surface area contributed by atoms with Crippen molar-refractivity contribution in [1.82, 2.24) is 15.6 Å². The van der Waals surface area contributed by atoms with E-state index < -0.39 is 0 Å². The third-order valence-corrected chi connectivity index (χ3v) is 5.41. The number of hydrogen-bond donors (Lipinski definition) is 2. The molecule has 0 amide bonds. The Bertz CT molecular complexity index is 963. The van der Waals surface area contributed by atoms with E-state index in [1.165, 1.54) is 5.56 Å². The van der Waals surface area contributed by atoms with Gasteiger partial charge in [-0.05, 0) is 31.0 Å². The van der Waals surface area contributed by atoms with Crippen LogP contribution in [0.3, 0.4) is 0 Å². The van der Waals surface area contributed by atoms with Crippen molar-refractivity contribution in [1.29, 1.82) is 0 Å². The van der Waals surface area contributed by atoms with Crippen molar-refractivity contribution in [2.75, 3.05) is 27.3 Å². The lowest BCUT2D eigenvalue weighted by molar-refractivity contribution is 0.354. The highest BCUT2D eigenvalue weighted by Crippen LogP contribution is 2.27. The van der Waals surface area contributed by atoms with Crippen LogP contribution < -0.4 is 20.1 Å². The third-order valence-electron chi connectivity index (χ3n) is 4.47. The van der Waals surface area contributed by atoms with E-state index in [0.717, 1.165) is 53.2 Å². The average molecular weight is 552 g/mol. The molecule has 31 heavy (non-hydrogen) atoms. The highest BCUT2D eigenvalue weighted by molar-refractivity contribution is 14.0. The highest BCUT2D eigenvalue weighted by Gasteiger charge is 2.06. The van der Waals surface area contributed by atoms with Gasteiger partial charge in [-0.1, -0.05) is 36.4 Å². The second-order valence-corrected chi connectivity index (χ2v) is 7.43. The van der Waals surface area contributed by atoms with Crippen molar-refractivity contribution in [2.45, 2.75) is 19.9 Å². The van der Waals surface area contributed by atoms with E-state index in [1.807, 2.05) is 36.4 Å². The molecule has 3 aromatic rings. The Balaban J connectivity index is 0.00000341. The predicted octanol–water partition coefficient (Wildman–Crippen LogP) is 4.74. The van der Waals surface area contributed by atoms with Gasteiger partial charge in [0, 0.05) is 24.0 Å². The summed E-state index contributed by atoms with van der Waals surface area (Å²) in [7, 11) is 3.29. The third kappa shape index (κ3) is 7.39. The van der Waals surface area contributed by atoms with E-state index in [9.17, 15) is 0 Å². The van der Waals surface area contributed by atoms with Crippen molar-refractivity contribution in [3.63, 3.8) is 0 Å². The van der Waals surface area contributed by atoms with Crippen LogP contribution in [0.2, 0.25) is 0 Å². The van der Waals surface area contributed by atoms with Crippen LogP contribution in [0.15, 0.2) is 58.9 Å². The zero-order valence-corrected chi connectivity index (χ0v) is 21.2. The van der Waals surface area contributed by atoms with Gasteiger partial charge in [0.05, 0.1) is 26.5 Å². The molecule has 0 bridgehead atoms. The summed E-state index contributed by atoms with van der Waals surface area (Å²) in [6.07, 6.45) is 0.847. The summed E-state index contributed by atoms with van der Waals surface area (Å²) >= 11 is 1.65. The molecule has 1 heterocycles. The number of thiazole rings is 1. The molecule has 6 nitrogen and oxygen atoms in total. The molecule has 0 radical (unpaired) electrons.